The van der Waals surface area contributed by atoms with Gasteiger partial charge in [-0.15, -0.1) is 0 Å². The number of likely N-dealkylation sites (N-methyl/N-ethyl adjacent to an activating group) is 2. The van der Waals surface area contributed by atoms with Crippen LogP contribution in [0.15, 0.2) is 0 Å². The fourth-order valence-corrected chi connectivity index (χ4v) is 0.507. The Balaban J connectivity index is 0. The highest BCUT2D eigenvalue weighted by atomic mass is 127. The summed E-state index contributed by atoms with van der Waals surface area (Å²) in [5.74, 6) is 0. The number of nitrogens with zero attached hydrogens (tertiary/aromatic N) is 1. The van der Waals surface area contributed by atoms with Crippen LogP contribution in [-0.2, 0) is 0 Å². The molecule has 58 valence electrons. The average molecular weight is 244 g/mol. The molecule has 0 radical (unpaired) electrons. The van der Waals surface area contributed by atoms with Gasteiger partial charge in [-0.2, -0.15) is 0 Å². The lowest BCUT2D eigenvalue weighted by Gasteiger charge is -2.03. The van der Waals surface area contributed by atoms with Gasteiger partial charge in [-0.25, -0.2) is 3.11 Å². The number of rotatable bonds is 3. The third kappa shape index (κ3) is 17.7. The van der Waals surface area contributed by atoms with E-state index in [4.69, 9.17) is 0 Å². The fourth-order valence-electron chi connectivity index (χ4n) is 0.266. The number of nitrogens with one attached hydrogen (secondary N) is 1. The first-order valence-corrected chi connectivity index (χ1v) is 4.25. The van der Waals surface area contributed by atoms with Crippen molar-refractivity contribution in [1.29, 1.82) is 0 Å². The first-order chi connectivity index (χ1) is 4.27. The van der Waals surface area contributed by atoms with Crippen molar-refractivity contribution in [2.24, 2.45) is 0 Å². The van der Waals surface area contributed by atoms with Crippen LogP contribution in [0.5, 0.6) is 0 Å². The van der Waals surface area contributed by atoms with Gasteiger partial charge in [0, 0.05) is 36.0 Å². The number of hydrogen-bond acceptors (Lipinski definition) is 2. The molecule has 0 unspecified atom stereocenters. The first kappa shape index (κ1) is 12.3. The fraction of sp³-hybridized carbons (Fsp3) is 1.00. The van der Waals surface area contributed by atoms with Crippen molar-refractivity contribution in [1.82, 2.24) is 8.43 Å². The molecule has 3 heteroatoms. The van der Waals surface area contributed by atoms with E-state index in [-0.39, 0.29) is 0 Å². The van der Waals surface area contributed by atoms with Crippen LogP contribution in [0.4, 0.5) is 0 Å². The van der Waals surface area contributed by atoms with Crippen molar-refractivity contribution in [2.75, 3.05) is 27.2 Å². The van der Waals surface area contributed by atoms with Gasteiger partial charge in [0.25, 0.3) is 0 Å². The second kappa shape index (κ2) is 11.4. The van der Waals surface area contributed by atoms with Gasteiger partial charge in [-0.1, -0.05) is 13.8 Å². The standard InChI is InChI=1S/C4H11IN2.C2H6/c1-6-3-4-7(2)5;1-2/h6H,3-4H2,1-2H3;1-2H3. The van der Waals surface area contributed by atoms with Crippen molar-refractivity contribution in [2.45, 2.75) is 13.8 Å². The van der Waals surface area contributed by atoms with Gasteiger partial charge in [0.1, 0.15) is 0 Å². The van der Waals surface area contributed by atoms with Gasteiger partial charge in [-0.05, 0) is 14.1 Å². The summed E-state index contributed by atoms with van der Waals surface area (Å²) in [6.07, 6.45) is 0. The summed E-state index contributed by atoms with van der Waals surface area (Å²) >= 11 is 2.26. The van der Waals surface area contributed by atoms with Crippen molar-refractivity contribution >= 4 is 22.9 Å². The molecule has 0 aromatic rings. The number of halogens is 1. The molecule has 0 aliphatic carbocycles. The van der Waals surface area contributed by atoms with Crippen LogP contribution in [0, 0.1) is 0 Å². The van der Waals surface area contributed by atoms with E-state index in [1.807, 2.05) is 20.9 Å². The smallest absolute Gasteiger partial charge is 0.0203 e. The van der Waals surface area contributed by atoms with Crippen LogP contribution < -0.4 is 5.32 Å². The Morgan fingerprint density at radius 3 is 2.00 bits per heavy atom. The predicted octanol–water partition coefficient (Wildman–Crippen LogP) is 1.51. The molecule has 0 atom stereocenters. The van der Waals surface area contributed by atoms with Crippen LogP contribution in [0.2, 0.25) is 0 Å². The average Bonchev–Trinajstić information content (AvgIpc) is 1.88. The molecule has 0 fully saturated rings. The first-order valence-electron chi connectivity index (χ1n) is 3.29. The van der Waals surface area contributed by atoms with Crippen molar-refractivity contribution < 1.29 is 0 Å². The summed E-state index contributed by atoms with van der Waals surface area (Å²) in [6.45, 7) is 6.18. The second-order valence-electron chi connectivity index (χ2n) is 1.43. The molecule has 1 N–H and O–H groups in total. The van der Waals surface area contributed by atoms with Crippen molar-refractivity contribution in [3.63, 3.8) is 0 Å². The molecule has 9 heavy (non-hydrogen) atoms. The lowest BCUT2D eigenvalue weighted by Crippen LogP contribution is -2.19. The van der Waals surface area contributed by atoms with E-state index in [0.717, 1.165) is 13.1 Å². The molecule has 0 bridgehead atoms. The largest absolute Gasteiger partial charge is 0.318 e. The predicted molar refractivity (Wildman–Crippen MR) is 51.9 cm³/mol. The Hall–Kier alpha value is 0.650. The van der Waals surface area contributed by atoms with E-state index in [0.29, 0.717) is 0 Å². The van der Waals surface area contributed by atoms with Gasteiger partial charge < -0.3 is 5.32 Å². The maximum atomic E-state index is 3.05. The zero-order valence-electron chi connectivity index (χ0n) is 6.74. The van der Waals surface area contributed by atoms with Crippen LogP contribution in [0.3, 0.4) is 0 Å². The zero-order chi connectivity index (χ0) is 7.70. The summed E-state index contributed by atoms with van der Waals surface area (Å²) in [7, 11) is 4.01. The van der Waals surface area contributed by atoms with E-state index in [1.165, 1.54) is 0 Å². The second-order valence-corrected chi connectivity index (χ2v) is 3.08. The minimum atomic E-state index is 1.07. The molecule has 0 aliphatic heterocycles. The summed E-state index contributed by atoms with van der Waals surface area (Å²) < 4.78 is 2.12. The van der Waals surface area contributed by atoms with E-state index >= 15 is 0 Å². The molecule has 0 amide bonds. The van der Waals surface area contributed by atoms with Crippen LogP contribution in [-0.4, -0.2) is 30.3 Å². The van der Waals surface area contributed by atoms with Crippen LogP contribution in [0.25, 0.3) is 0 Å². The minimum Gasteiger partial charge on any atom is -0.318 e. The van der Waals surface area contributed by atoms with E-state index in [9.17, 15) is 0 Å². The minimum absolute atomic E-state index is 1.07. The lowest BCUT2D eigenvalue weighted by atomic mass is 10.6. The molecule has 0 aromatic carbocycles. The van der Waals surface area contributed by atoms with Gasteiger partial charge >= 0.3 is 0 Å². The Morgan fingerprint density at radius 2 is 1.89 bits per heavy atom. The van der Waals surface area contributed by atoms with Gasteiger partial charge in [0.05, 0.1) is 0 Å². The molecule has 0 rings (SSSR count). The van der Waals surface area contributed by atoms with Crippen molar-refractivity contribution in [3.05, 3.63) is 0 Å². The van der Waals surface area contributed by atoms with Gasteiger partial charge in [0.2, 0.25) is 0 Å². The molecule has 0 aromatic heterocycles. The van der Waals surface area contributed by atoms with Crippen LogP contribution >= 0.6 is 22.9 Å². The molecular weight excluding hydrogens is 227 g/mol. The highest BCUT2D eigenvalue weighted by Crippen LogP contribution is 1.87. The quantitative estimate of drug-likeness (QED) is 0.598. The maximum Gasteiger partial charge on any atom is 0.0203 e. The molecular formula is C6H17IN2. The Kier molecular flexibility index (Phi) is 15.7. The Labute approximate surface area is 72.5 Å². The molecule has 2 nitrogen and oxygen atoms in total. The van der Waals surface area contributed by atoms with E-state index in [2.05, 4.69) is 38.3 Å². The number of hydrogen-bond donors (Lipinski definition) is 1. The van der Waals surface area contributed by atoms with Gasteiger partial charge in [-0.3, -0.25) is 0 Å². The SMILES string of the molecule is CC.CNCCN(C)I. The van der Waals surface area contributed by atoms with Crippen LogP contribution in [0.1, 0.15) is 13.8 Å². The Bertz CT molecular complexity index is 40.0. The molecule has 0 saturated heterocycles. The van der Waals surface area contributed by atoms with E-state index < -0.39 is 0 Å². The Morgan fingerprint density at radius 1 is 1.44 bits per heavy atom. The summed E-state index contributed by atoms with van der Waals surface area (Å²) in [4.78, 5) is 0. The third-order valence-electron chi connectivity index (χ3n) is 0.670. The summed E-state index contributed by atoms with van der Waals surface area (Å²) in [6, 6.07) is 0. The maximum absolute atomic E-state index is 3.05. The van der Waals surface area contributed by atoms with Gasteiger partial charge in [0.15, 0.2) is 0 Å². The zero-order valence-corrected chi connectivity index (χ0v) is 8.90. The lowest BCUT2D eigenvalue weighted by molar-refractivity contribution is 0.585. The topological polar surface area (TPSA) is 15.3 Å². The van der Waals surface area contributed by atoms with E-state index in [1.54, 1.807) is 0 Å². The summed E-state index contributed by atoms with van der Waals surface area (Å²) in [5, 5.41) is 3.05. The molecule has 0 heterocycles. The highest BCUT2D eigenvalue weighted by Gasteiger charge is 1.84. The monoisotopic (exact) mass is 244 g/mol. The summed E-state index contributed by atoms with van der Waals surface area (Å²) in [5.41, 5.74) is 0. The van der Waals surface area contributed by atoms with Crippen molar-refractivity contribution in [3.8, 4) is 0 Å². The molecule has 0 spiro atoms. The molecule has 0 saturated carbocycles. The normalized spacial score (nSPS) is 8.67. The molecule has 0 aliphatic rings. The highest BCUT2D eigenvalue weighted by molar-refractivity contribution is 14.1. The third-order valence-corrected chi connectivity index (χ3v) is 1.15.